The number of methoxy groups -OCH3 is 1. The highest BCUT2D eigenvalue weighted by Crippen LogP contribution is 2.31. The summed E-state index contributed by atoms with van der Waals surface area (Å²) in [5, 5.41) is 12.8. The molecule has 0 fully saturated rings. The van der Waals surface area contributed by atoms with Crippen molar-refractivity contribution in [2.24, 2.45) is 0 Å². The van der Waals surface area contributed by atoms with Gasteiger partial charge in [-0.15, -0.1) is 11.3 Å². The number of ether oxygens (including phenoxy) is 1. The number of nitrogens with zero attached hydrogens (tertiary/aromatic N) is 2. The summed E-state index contributed by atoms with van der Waals surface area (Å²) in [6, 6.07) is 20.1. The van der Waals surface area contributed by atoms with Gasteiger partial charge >= 0.3 is 0 Å². The van der Waals surface area contributed by atoms with Gasteiger partial charge in [-0.3, -0.25) is 4.79 Å². The number of hydrogen-bond acceptors (Lipinski definition) is 6. The topological polar surface area (TPSA) is 88.1 Å². The Hall–Kier alpha value is -3.89. The number of benzene rings is 2. The Bertz CT molecular complexity index is 1210. The van der Waals surface area contributed by atoms with Gasteiger partial charge in [0.05, 0.1) is 17.3 Å². The van der Waals surface area contributed by atoms with Gasteiger partial charge in [0.25, 0.3) is 5.91 Å². The normalized spacial score (nSPS) is 11.2. The maximum Gasteiger partial charge on any atom is 0.266 e. The van der Waals surface area contributed by atoms with E-state index in [0.717, 1.165) is 15.2 Å². The highest BCUT2D eigenvalue weighted by atomic mass is 32.1. The maximum atomic E-state index is 12.4. The molecule has 0 atom stereocenters. The average Bonchev–Trinajstić information content (AvgIpc) is 3.39. The molecule has 142 valence electrons. The van der Waals surface area contributed by atoms with Crippen LogP contribution in [0.25, 0.3) is 27.1 Å². The van der Waals surface area contributed by atoms with Crippen molar-refractivity contribution in [3.63, 3.8) is 0 Å². The summed E-state index contributed by atoms with van der Waals surface area (Å²) in [5.41, 5.74) is 1.40. The Kier molecular flexibility index (Phi) is 5.10. The van der Waals surface area contributed by atoms with E-state index < -0.39 is 5.91 Å². The molecule has 0 unspecified atom stereocenters. The number of nitriles is 1. The molecule has 7 heteroatoms. The molecule has 0 radical (unpaired) electrons. The first-order chi connectivity index (χ1) is 14.2. The van der Waals surface area contributed by atoms with E-state index in [0.29, 0.717) is 23.0 Å². The molecule has 4 aromatic rings. The minimum absolute atomic E-state index is 0.0639. The van der Waals surface area contributed by atoms with Crippen molar-refractivity contribution < 1.29 is 13.9 Å². The molecule has 0 aliphatic heterocycles. The van der Waals surface area contributed by atoms with Crippen LogP contribution in [0.5, 0.6) is 5.75 Å². The molecular weight excluding hydrogens is 386 g/mol. The van der Waals surface area contributed by atoms with E-state index in [1.807, 2.05) is 30.3 Å². The summed E-state index contributed by atoms with van der Waals surface area (Å²) in [7, 11) is 1.57. The van der Waals surface area contributed by atoms with Gasteiger partial charge in [-0.05, 0) is 48.5 Å². The third kappa shape index (κ3) is 4.03. The smallest absolute Gasteiger partial charge is 0.266 e. The number of thiazole rings is 1. The molecule has 2 aromatic heterocycles. The largest absolute Gasteiger partial charge is 0.497 e. The van der Waals surface area contributed by atoms with Crippen LogP contribution in [0.1, 0.15) is 5.76 Å². The number of anilines is 1. The van der Waals surface area contributed by atoms with Crippen molar-refractivity contribution in [2.75, 3.05) is 12.4 Å². The lowest BCUT2D eigenvalue weighted by molar-refractivity contribution is -0.112. The van der Waals surface area contributed by atoms with Crippen LogP contribution in [0.3, 0.4) is 0 Å². The molecule has 0 bridgehead atoms. The predicted octanol–water partition coefficient (Wildman–Crippen LogP) is 5.11. The van der Waals surface area contributed by atoms with Gasteiger partial charge in [0.15, 0.2) is 10.8 Å². The van der Waals surface area contributed by atoms with Crippen LogP contribution in [-0.2, 0) is 4.79 Å². The molecule has 1 amide bonds. The highest BCUT2D eigenvalue weighted by molar-refractivity contribution is 7.21. The second-order valence-electron chi connectivity index (χ2n) is 6.04. The van der Waals surface area contributed by atoms with Crippen molar-refractivity contribution in [2.45, 2.75) is 0 Å². The van der Waals surface area contributed by atoms with Gasteiger partial charge < -0.3 is 14.5 Å². The highest BCUT2D eigenvalue weighted by Gasteiger charge is 2.13. The Morgan fingerprint density at radius 2 is 1.97 bits per heavy atom. The second kappa shape index (κ2) is 8.00. The van der Waals surface area contributed by atoms with Gasteiger partial charge in [0.1, 0.15) is 23.2 Å². The van der Waals surface area contributed by atoms with Gasteiger partial charge in [0.2, 0.25) is 0 Å². The van der Waals surface area contributed by atoms with Crippen molar-refractivity contribution in [1.29, 1.82) is 5.26 Å². The summed E-state index contributed by atoms with van der Waals surface area (Å²) in [6.07, 6.45) is 1.41. The van der Waals surface area contributed by atoms with E-state index in [2.05, 4.69) is 10.3 Å². The quantitative estimate of drug-likeness (QED) is 0.371. The minimum atomic E-state index is -0.518. The van der Waals surface area contributed by atoms with Crippen LogP contribution >= 0.6 is 11.3 Å². The Morgan fingerprint density at radius 3 is 2.69 bits per heavy atom. The molecule has 6 nitrogen and oxygen atoms in total. The van der Waals surface area contributed by atoms with Crippen LogP contribution in [-0.4, -0.2) is 18.0 Å². The van der Waals surface area contributed by atoms with Crippen molar-refractivity contribution in [3.05, 3.63) is 72.0 Å². The number of para-hydroxylation sites is 1. The van der Waals surface area contributed by atoms with E-state index in [1.54, 1.807) is 43.5 Å². The van der Waals surface area contributed by atoms with E-state index in [-0.39, 0.29) is 5.57 Å². The molecule has 0 saturated carbocycles. The summed E-state index contributed by atoms with van der Waals surface area (Å²) < 4.78 is 11.9. The monoisotopic (exact) mass is 401 g/mol. The van der Waals surface area contributed by atoms with Gasteiger partial charge in [0, 0.05) is 11.8 Å². The second-order valence-corrected chi connectivity index (χ2v) is 7.07. The zero-order chi connectivity index (χ0) is 20.2. The SMILES string of the molecule is COc1ccc(NC(=O)/C(C#N)=C/c2ccc(-c3nc4ccccc4s3)o2)cc1. The molecule has 0 aliphatic carbocycles. The first kappa shape index (κ1) is 18.5. The number of carbonyl (C=O) groups is 1. The third-order valence-corrected chi connectivity index (χ3v) is 5.18. The number of nitrogens with one attached hydrogen (secondary N) is 1. The molecule has 2 heterocycles. The number of fused-ring (bicyclic) bond motifs is 1. The number of furan rings is 1. The first-order valence-corrected chi connectivity index (χ1v) is 9.51. The van der Waals surface area contributed by atoms with E-state index in [1.165, 1.54) is 17.4 Å². The average molecular weight is 401 g/mol. The molecule has 4 rings (SSSR count). The number of hydrogen-bond donors (Lipinski definition) is 1. The third-order valence-electron chi connectivity index (χ3n) is 4.13. The summed E-state index contributed by atoms with van der Waals surface area (Å²) >= 11 is 1.52. The predicted molar refractivity (Wildman–Crippen MR) is 113 cm³/mol. The first-order valence-electron chi connectivity index (χ1n) is 8.69. The van der Waals surface area contributed by atoms with Crippen LogP contribution in [0.15, 0.2) is 70.7 Å². The lowest BCUT2D eigenvalue weighted by atomic mass is 10.2. The minimum Gasteiger partial charge on any atom is -0.497 e. The summed E-state index contributed by atoms with van der Waals surface area (Å²) in [6.45, 7) is 0. The molecular formula is C22H15N3O3S. The van der Waals surface area contributed by atoms with Crippen LogP contribution < -0.4 is 10.1 Å². The molecule has 0 spiro atoms. The van der Waals surface area contributed by atoms with Gasteiger partial charge in [-0.1, -0.05) is 12.1 Å². The lowest BCUT2D eigenvalue weighted by Gasteiger charge is -2.05. The molecule has 29 heavy (non-hydrogen) atoms. The van der Waals surface area contributed by atoms with Gasteiger partial charge in [-0.2, -0.15) is 5.26 Å². The molecule has 2 aromatic carbocycles. The number of aromatic nitrogens is 1. The Labute approximate surface area is 170 Å². The lowest BCUT2D eigenvalue weighted by Crippen LogP contribution is -2.13. The number of rotatable bonds is 5. The fraction of sp³-hybridized carbons (Fsp3) is 0.0455. The fourth-order valence-electron chi connectivity index (χ4n) is 2.69. The van der Waals surface area contributed by atoms with Crippen molar-refractivity contribution >= 4 is 39.2 Å². The van der Waals surface area contributed by atoms with E-state index in [9.17, 15) is 10.1 Å². The van der Waals surface area contributed by atoms with Crippen LogP contribution in [0.2, 0.25) is 0 Å². The van der Waals surface area contributed by atoms with E-state index in [4.69, 9.17) is 9.15 Å². The van der Waals surface area contributed by atoms with Crippen LogP contribution in [0.4, 0.5) is 5.69 Å². The van der Waals surface area contributed by atoms with Gasteiger partial charge in [-0.25, -0.2) is 4.98 Å². The molecule has 1 N–H and O–H groups in total. The maximum absolute atomic E-state index is 12.4. The number of amides is 1. The van der Waals surface area contributed by atoms with Crippen molar-refractivity contribution in [3.8, 4) is 22.6 Å². The molecule has 0 aliphatic rings. The fourth-order valence-corrected chi connectivity index (χ4v) is 3.61. The summed E-state index contributed by atoms with van der Waals surface area (Å²) in [5.74, 6) is 1.15. The summed E-state index contributed by atoms with van der Waals surface area (Å²) in [4.78, 5) is 17.0. The molecule has 0 saturated heterocycles. The standard InChI is InChI=1S/C22H15N3O3S/c1-27-16-8-6-15(7-9-16)24-21(26)14(13-23)12-17-10-11-19(28-17)22-25-18-4-2-3-5-20(18)29-22/h2-12H,1H3,(H,24,26)/b14-12+. The Morgan fingerprint density at radius 1 is 1.17 bits per heavy atom. The van der Waals surface area contributed by atoms with Crippen molar-refractivity contribution in [1.82, 2.24) is 4.98 Å². The van der Waals surface area contributed by atoms with E-state index >= 15 is 0 Å². The number of carbonyl (C=O) groups excluding carboxylic acids is 1. The van der Waals surface area contributed by atoms with Crippen LogP contribution in [0, 0.1) is 11.3 Å². The zero-order valence-electron chi connectivity index (χ0n) is 15.4. The Balaban J connectivity index is 1.54. The zero-order valence-corrected chi connectivity index (χ0v) is 16.2.